The van der Waals surface area contributed by atoms with Crippen LogP contribution in [0.15, 0.2) is 64.9 Å². The number of hydrogen-bond donors (Lipinski definition) is 1. The van der Waals surface area contributed by atoms with Gasteiger partial charge in [0, 0.05) is 13.1 Å². The Balaban J connectivity index is 1.71. The molecule has 0 saturated carbocycles. The van der Waals surface area contributed by atoms with Crippen LogP contribution < -0.4 is 5.32 Å². The summed E-state index contributed by atoms with van der Waals surface area (Å²) in [6.45, 7) is 8.61. The van der Waals surface area contributed by atoms with Crippen LogP contribution in [0.25, 0.3) is 11.4 Å². The van der Waals surface area contributed by atoms with E-state index in [0.717, 1.165) is 16.9 Å². The number of amides is 1. The summed E-state index contributed by atoms with van der Waals surface area (Å²) >= 11 is 1.38. The summed E-state index contributed by atoms with van der Waals surface area (Å²) in [7, 11) is 0. The van der Waals surface area contributed by atoms with Crippen molar-refractivity contribution < 1.29 is 9.21 Å². The molecule has 0 saturated heterocycles. The van der Waals surface area contributed by atoms with E-state index in [4.69, 9.17) is 4.42 Å². The zero-order valence-electron chi connectivity index (χ0n) is 15.4. The van der Waals surface area contributed by atoms with Crippen LogP contribution in [0, 0.1) is 6.92 Å². The van der Waals surface area contributed by atoms with Gasteiger partial charge in [-0.25, -0.2) is 0 Å². The Morgan fingerprint density at radius 3 is 2.78 bits per heavy atom. The first kappa shape index (κ1) is 19.0. The molecule has 6 nitrogen and oxygen atoms in total. The molecule has 2 aromatic heterocycles. The molecule has 0 aliphatic rings. The van der Waals surface area contributed by atoms with Crippen molar-refractivity contribution in [2.45, 2.75) is 37.3 Å². The number of nitrogens with one attached hydrogen (secondary N) is 1. The molecule has 1 amide bonds. The number of benzene rings is 1. The fraction of sp³-hybridized carbons (Fsp3) is 0.250. The lowest BCUT2D eigenvalue weighted by Gasteiger charge is -2.13. The van der Waals surface area contributed by atoms with E-state index in [-0.39, 0.29) is 11.2 Å². The minimum Gasteiger partial charge on any atom is -0.469 e. The molecule has 1 N–H and O–H groups in total. The molecule has 1 unspecified atom stereocenters. The summed E-state index contributed by atoms with van der Waals surface area (Å²) in [4.78, 5) is 12.5. The fourth-order valence-electron chi connectivity index (χ4n) is 2.63. The first-order chi connectivity index (χ1) is 13.1. The highest BCUT2D eigenvalue weighted by Crippen LogP contribution is 2.29. The second kappa shape index (κ2) is 8.73. The molecule has 27 heavy (non-hydrogen) atoms. The highest BCUT2D eigenvalue weighted by Gasteiger charge is 2.21. The zero-order chi connectivity index (χ0) is 19.2. The van der Waals surface area contributed by atoms with Gasteiger partial charge in [0.05, 0.1) is 17.1 Å². The van der Waals surface area contributed by atoms with Crippen LogP contribution in [-0.4, -0.2) is 25.9 Å². The van der Waals surface area contributed by atoms with Crippen molar-refractivity contribution in [3.8, 4) is 11.4 Å². The van der Waals surface area contributed by atoms with Gasteiger partial charge in [0.1, 0.15) is 5.76 Å². The molecular weight excluding hydrogens is 360 g/mol. The van der Waals surface area contributed by atoms with Crippen molar-refractivity contribution in [2.24, 2.45) is 0 Å². The number of aryl methyl sites for hydroxylation is 1. The first-order valence-electron chi connectivity index (χ1n) is 8.67. The van der Waals surface area contributed by atoms with Crippen molar-refractivity contribution in [2.75, 3.05) is 0 Å². The third kappa shape index (κ3) is 4.49. The molecule has 0 radical (unpaired) electrons. The van der Waals surface area contributed by atoms with Crippen LogP contribution in [0.1, 0.15) is 18.2 Å². The van der Waals surface area contributed by atoms with Gasteiger partial charge in [0.15, 0.2) is 11.0 Å². The Morgan fingerprint density at radius 1 is 1.33 bits per heavy atom. The largest absolute Gasteiger partial charge is 0.469 e. The maximum absolute atomic E-state index is 12.5. The summed E-state index contributed by atoms with van der Waals surface area (Å²) in [6, 6.07) is 11.7. The molecule has 0 spiro atoms. The number of nitrogens with zero attached hydrogens (tertiary/aromatic N) is 3. The topological polar surface area (TPSA) is 73.0 Å². The molecule has 140 valence electrons. The minimum atomic E-state index is -0.306. The van der Waals surface area contributed by atoms with Gasteiger partial charge in [-0.1, -0.05) is 48.2 Å². The predicted molar refractivity (Wildman–Crippen MR) is 106 cm³/mol. The smallest absolute Gasteiger partial charge is 0.233 e. The lowest BCUT2D eigenvalue weighted by Crippen LogP contribution is -2.30. The van der Waals surface area contributed by atoms with E-state index in [2.05, 4.69) is 22.1 Å². The van der Waals surface area contributed by atoms with Gasteiger partial charge in [0.25, 0.3) is 0 Å². The number of thioether (sulfide) groups is 1. The summed E-state index contributed by atoms with van der Waals surface area (Å²) in [6.07, 6.45) is 3.41. The fourth-order valence-corrected chi connectivity index (χ4v) is 3.51. The van der Waals surface area contributed by atoms with Gasteiger partial charge in [-0.2, -0.15) is 0 Å². The first-order valence-corrected chi connectivity index (χ1v) is 9.55. The van der Waals surface area contributed by atoms with Crippen molar-refractivity contribution >= 4 is 17.7 Å². The summed E-state index contributed by atoms with van der Waals surface area (Å²) in [5.41, 5.74) is 1.95. The van der Waals surface area contributed by atoms with E-state index in [0.29, 0.717) is 24.1 Å². The average Bonchev–Trinajstić information content (AvgIpc) is 3.27. The Morgan fingerprint density at radius 2 is 2.11 bits per heavy atom. The number of allylic oxidation sites excluding steroid dienone is 1. The number of hydrogen-bond acceptors (Lipinski definition) is 5. The molecule has 3 rings (SSSR count). The van der Waals surface area contributed by atoms with E-state index in [1.807, 2.05) is 54.8 Å². The summed E-state index contributed by atoms with van der Waals surface area (Å²) in [5, 5.41) is 11.9. The van der Waals surface area contributed by atoms with E-state index in [9.17, 15) is 4.79 Å². The SMILES string of the molecule is C=CCn1c(SC(C)C(=O)NCc2ccccc2)nnc1-c1ccoc1C. The Hall–Kier alpha value is -2.80. The van der Waals surface area contributed by atoms with Crippen LogP contribution >= 0.6 is 11.8 Å². The van der Waals surface area contributed by atoms with Crippen molar-refractivity contribution in [3.63, 3.8) is 0 Å². The van der Waals surface area contributed by atoms with Gasteiger partial charge in [-0.3, -0.25) is 9.36 Å². The third-order valence-electron chi connectivity index (χ3n) is 4.09. The predicted octanol–water partition coefficient (Wildman–Crippen LogP) is 3.83. The van der Waals surface area contributed by atoms with Crippen molar-refractivity contribution in [1.82, 2.24) is 20.1 Å². The number of aromatic nitrogens is 3. The Kier molecular flexibility index (Phi) is 6.13. The maximum atomic E-state index is 12.5. The van der Waals surface area contributed by atoms with Crippen LogP contribution in [-0.2, 0) is 17.9 Å². The van der Waals surface area contributed by atoms with E-state index < -0.39 is 0 Å². The van der Waals surface area contributed by atoms with Crippen LogP contribution in [0.2, 0.25) is 0 Å². The minimum absolute atomic E-state index is 0.0435. The van der Waals surface area contributed by atoms with Gasteiger partial charge in [-0.05, 0) is 25.5 Å². The third-order valence-corrected chi connectivity index (χ3v) is 5.17. The summed E-state index contributed by atoms with van der Waals surface area (Å²) in [5.74, 6) is 1.44. The molecule has 0 fully saturated rings. The van der Waals surface area contributed by atoms with Crippen LogP contribution in [0.5, 0.6) is 0 Å². The van der Waals surface area contributed by atoms with E-state index >= 15 is 0 Å². The number of furan rings is 1. The molecule has 0 bridgehead atoms. The highest BCUT2D eigenvalue weighted by atomic mass is 32.2. The van der Waals surface area contributed by atoms with Gasteiger partial charge < -0.3 is 9.73 Å². The Bertz CT molecular complexity index is 917. The standard InChI is InChI=1S/C20H22N4O2S/c1-4-11-24-18(17-10-12-26-14(17)2)22-23-20(24)27-15(3)19(25)21-13-16-8-6-5-7-9-16/h4-10,12,15H,1,11,13H2,2-3H3,(H,21,25). The highest BCUT2D eigenvalue weighted by molar-refractivity contribution is 8.00. The number of carbonyl (C=O) groups excluding carboxylic acids is 1. The molecule has 2 heterocycles. The molecule has 1 aromatic carbocycles. The lowest BCUT2D eigenvalue weighted by atomic mass is 10.2. The molecule has 0 aliphatic heterocycles. The number of rotatable bonds is 8. The second-order valence-corrected chi connectivity index (χ2v) is 7.37. The molecule has 3 aromatic rings. The second-order valence-electron chi connectivity index (χ2n) is 6.06. The summed E-state index contributed by atoms with van der Waals surface area (Å²) < 4.78 is 7.32. The van der Waals surface area contributed by atoms with Crippen LogP contribution in [0.4, 0.5) is 0 Å². The number of carbonyl (C=O) groups is 1. The van der Waals surface area contributed by atoms with Gasteiger partial charge in [0.2, 0.25) is 5.91 Å². The monoisotopic (exact) mass is 382 g/mol. The molecule has 1 atom stereocenters. The van der Waals surface area contributed by atoms with Crippen molar-refractivity contribution in [3.05, 3.63) is 66.6 Å². The molecule has 7 heteroatoms. The normalized spacial score (nSPS) is 11.9. The van der Waals surface area contributed by atoms with Gasteiger partial charge >= 0.3 is 0 Å². The van der Waals surface area contributed by atoms with Crippen molar-refractivity contribution in [1.29, 1.82) is 0 Å². The van der Waals surface area contributed by atoms with E-state index in [1.165, 1.54) is 11.8 Å². The zero-order valence-corrected chi connectivity index (χ0v) is 16.2. The molecule has 0 aliphatic carbocycles. The average molecular weight is 382 g/mol. The lowest BCUT2D eigenvalue weighted by molar-refractivity contribution is -0.120. The van der Waals surface area contributed by atoms with Crippen LogP contribution in [0.3, 0.4) is 0 Å². The van der Waals surface area contributed by atoms with Gasteiger partial charge in [-0.15, -0.1) is 16.8 Å². The quantitative estimate of drug-likeness (QED) is 0.473. The van der Waals surface area contributed by atoms with E-state index in [1.54, 1.807) is 12.3 Å². The maximum Gasteiger partial charge on any atom is 0.233 e. The molecular formula is C20H22N4O2S. The Labute approximate surface area is 162 Å².